The number of aliphatic hydroxyl groups excluding tert-OH is 1. The van der Waals surface area contributed by atoms with E-state index in [1.807, 2.05) is 0 Å². The number of furan rings is 1. The zero-order chi connectivity index (χ0) is 25.3. The van der Waals surface area contributed by atoms with Crippen LogP contribution in [0.1, 0.15) is 22.9 Å². The summed E-state index contributed by atoms with van der Waals surface area (Å²) in [7, 11) is 2.77. The fourth-order valence-corrected chi connectivity index (χ4v) is 4.19. The molecule has 2 aromatic carbocycles. The van der Waals surface area contributed by atoms with Crippen molar-refractivity contribution in [2.45, 2.75) is 12.5 Å². The van der Waals surface area contributed by atoms with Crippen molar-refractivity contribution in [3.8, 4) is 11.5 Å². The number of ether oxygens (including phenoxy) is 2. The van der Waals surface area contributed by atoms with Crippen LogP contribution in [0.4, 0.5) is 5.69 Å². The highest BCUT2D eigenvalue weighted by Crippen LogP contribution is 2.44. The Bertz CT molecular complexity index is 1330. The molecule has 9 nitrogen and oxygen atoms in total. The van der Waals surface area contributed by atoms with Gasteiger partial charge in [-0.15, -0.1) is 0 Å². The van der Waals surface area contributed by atoms with Gasteiger partial charge in [0.1, 0.15) is 29.1 Å². The van der Waals surface area contributed by atoms with Crippen molar-refractivity contribution in [3.05, 3.63) is 82.3 Å². The van der Waals surface area contributed by atoms with E-state index in [2.05, 4.69) is 0 Å². The number of hydrogen-bond acceptors (Lipinski definition) is 7. The molecule has 1 unspecified atom stereocenters. The summed E-state index contributed by atoms with van der Waals surface area (Å²) in [5.74, 6) is -2.70. The van der Waals surface area contributed by atoms with E-state index >= 15 is 0 Å². The van der Waals surface area contributed by atoms with Gasteiger partial charge in [-0.05, 0) is 35.9 Å². The van der Waals surface area contributed by atoms with Crippen molar-refractivity contribution in [2.75, 3.05) is 19.1 Å². The number of halogens is 1. The third-order valence-electron chi connectivity index (χ3n) is 5.56. The Morgan fingerprint density at radius 1 is 1.06 bits per heavy atom. The molecule has 2 heterocycles. The van der Waals surface area contributed by atoms with Crippen LogP contribution in [0.3, 0.4) is 0 Å². The van der Waals surface area contributed by atoms with Gasteiger partial charge in [-0.1, -0.05) is 23.7 Å². The molecule has 1 amide bonds. The Balaban J connectivity index is 1.89. The molecule has 0 spiro atoms. The molecule has 1 fully saturated rings. The van der Waals surface area contributed by atoms with Crippen LogP contribution in [0.5, 0.6) is 11.5 Å². The average Bonchev–Trinajstić information content (AvgIpc) is 3.45. The molecule has 180 valence electrons. The number of rotatable bonds is 7. The first-order valence-corrected chi connectivity index (χ1v) is 10.7. The molecule has 3 aromatic rings. The van der Waals surface area contributed by atoms with E-state index in [0.29, 0.717) is 11.3 Å². The number of hydrogen-bond donors (Lipinski definition) is 2. The standard InChI is InChI=1S/C25H20ClNO8/c1-33-18-12-16(26)19(34-2)11-15(18)23(30)21-22(17-4-3-9-35-17)27(25(32)24(21)31)14-7-5-13(6-8-14)10-20(28)29/h3-9,11-12,22,30H,10H2,1-2H3,(H,28,29)/b23-21+. The van der Waals surface area contributed by atoms with E-state index in [9.17, 15) is 19.5 Å². The zero-order valence-electron chi connectivity index (χ0n) is 18.6. The van der Waals surface area contributed by atoms with E-state index in [0.717, 1.165) is 0 Å². The number of benzene rings is 2. The maximum Gasteiger partial charge on any atom is 0.307 e. The van der Waals surface area contributed by atoms with Crippen LogP contribution in [0.25, 0.3) is 5.76 Å². The smallest absolute Gasteiger partial charge is 0.307 e. The second-order valence-electron chi connectivity index (χ2n) is 7.61. The summed E-state index contributed by atoms with van der Waals surface area (Å²) in [4.78, 5) is 38.6. The van der Waals surface area contributed by atoms with E-state index < -0.39 is 29.5 Å². The number of ketones is 1. The zero-order valence-corrected chi connectivity index (χ0v) is 19.4. The molecule has 1 saturated heterocycles. The van der Waals surface area contributed by atoms with Crippen LogP contribution in [0.2, 0.25) is 5.02 Å². The lowest BCUT2D eigenvalue weighted by Gasteiger charge is -2.23. The number of anilines is 1. The second-order valence-corrected chi connectivity index (χ2v) is 8.02. The van der Waals surface area contributed by atoms with Gasteiger partial charge >= 0.3 is 5.97 Å². The molecule has 1 aliphatic heterocycles. The Labute approximate surface area is 204 Å². The molecular formula is C25H20ClNO8. The van der Waals surface area contributed by atoms with Gasteiger partial charge in [-0.2, -0.15) is 0 Å². The maximum absolute atomic E-state index is 13.2. The first-order chi connectivity index (χ1) is 16.8. The third-order valence-corrected chi connectivity index (χ3v) is 5.85. The highest BCUT2D eigenvalue weighted by Gasteiger charge is 2.48. The summed E-state index contributed by atoms with van der Waals surface area (Å²) in [5, 5.41) is 20.5. The van der Waals surface area contributed by atoms with E-state index in [1.54, 1.807) is 24.3 Å². The number of methoxy groups -OCH3 is 2. The number of carboxylic acid groups (broad SMARTS) is 1. The lowest BCUT2D eigenvalue weighted by atomic mass is 9.98. The lowest BCUT2D eigenvalue weighted by Crippen LogP contribution is -2.29. The molecule has 0 bridgehead atoms. The Kier molecular flexibility index (Phi) is 6.52. The van der Waals surface area contributed by atoms with E-state index in [-0.39, 0.29) is 39.8 Å². The Morgan fingerprint density at radius 2 is 1.74 bits per heavy atom. The van der Waals surface area contributed by atoms with Crippen LogP contribution in [-0.4, -0.2) is 42.1 Å². The summed E-state index contributed by atoms with van der Waals surface area (Å²) in [5.41, 5.74) is 0.718. The van der Waals surface area contributed by atoms with Crippen molar-refractivity contribution in [2.24, 2.45) is 0 Å². The van der Waals surface area contributed by atoms with Crippen LogP contribution in [0, 0.1) is 0 Å². The quantitative estimate of drug-likeness (QED) is 0.282. The fourth-order valence-electron chi connectivity index (χ4n) is 3.95. The molecule has 35 heavy (non-hydrogen) atoms. The van der Waals surface area contributed by atoms with Crippen molar-refractivity contribution >= 4 is 40.7 Å². The monoisotopic (exact) mass is 497 g/mol. The number of nitrogens with zero attached hydrogens (tertiary/aromatic N) is 1. The topological polar surface area (TPSA) is 127 Å². The SMILES string of the molecule is COc1cc(/C(O)=C2\C(=O)C(=O)N(c3ccc(CC(=O)O)cc3)C2c2ccco2)c(OC)cc1Cl. The fraction of sp³-hybridized carbons (Fsp3) is 0.160. The highest BCUT2D eigenvalue weighted by molar-refractivity contribution is 6.51. The molecule has 0 aliphatic carbocycles. The average molecular weight is 498 g/mol. The number of amides is 1. The number of carbonyl (C=O) groups is 3. The number of aliphatic hydroxyl groups is 1. The first-order valence-electron chi connectivity index (χ1n) is 10.3. The van der Waals surface area contributed by atoms with Gasteiger partial charge in [0.25, 0.3) is 11.7 Å². The predicted molar refractivity (Wildman–Crippen MR) is 126 cm³/mol. The molecule has 1 aliphatic rings. The molecule has 0 radical (unpaired) electrons. The lowest BCUT2D eigenvalue weighted by molar-refractivity contribution is -0.136. The summed E-state index contributed by atoms with van der Waals surface area (Å²) in [6, 6.07) is 11.1. The van der Waals surface area contributed by atoms with Gasteiger partial charge in [-0.25, -0.2) is 0 Å². The molecule has 4 rings (SSSR count). The van der Waals surface area contributed by atoms with Gasteiger partial charge in [0.15, 0.2) is 0 Å². The van der Waals surface area contributed by atoms with Crippen LogP contribution in [-0.2, 0) is 20.8 Å². The Hall–Kier alpha value is -4.24. The largest absolute Gasteiger partial charge is 0.507 e. The van der Waals surface area contributed by atoms with Gasteiger partial charge in [0.2, 0.25) is 0 Å². The van der Waals surface area contributed by atoms with Crippen LogP contribution in [0.15, 0.2) is 64.8 Å². The minimum Gasteiger partial charge on any atom is -0.507 e. The number of carbonyl (C=O) groups excluding carboxylic acids is 2. The van der Waals surface area contributed by atoms with Gasteiger partial charge in [0, 0.05) is 11.8 Å². The van der Waals surface area contributed by atoms with Crippen molar-refractivity contribution in [1.82, 2.24) is 0 Å². The summed E-state index contributed by atoms with van der Waals surface area (Å²) in [6.45, 7) is 0. The summed E-state index contributed by atoms with van der Waals surface area (Å²) in [6.07, 6.45) is 1.19. The van der Waals surface area contributed by atoms with Crippen LogP contribution >= 0.6 is 11.6 Å². The normalized spacial score (nSPS) is 17.0. The van der Waals surface area contributed by atoms with Gasteiger partial charge in [0.05, 0.1) is 43.1 Å². The predicted octanol–water partition coefficient (Wildman–Crippen LogP) is 4.20. The molecule has 1 atom stereocenters. The Morgan fingerprint density at radius 3 is 2.31 bits per heavy atom. The molecule has 1 aromatic heterocycles. The summed E-state index contributed by atoms with van der Waals surface area (Å²) < 4.78 is 16.1. The van der Waals surface area contributed by atoms with E-state index in [1.165, 1.54) is 49.6 Å². The van der Waals surface area contributed by atoms with E-state index in [4.69, 9.17) is 30.6 Å². The minimum atomic E-state index is -1.10. The number of carboxylic acids is 1. The molecule has 10 heteroatoms. The number of aliphatic carboxylic acids is 1. The van der Waals surface area contributed by atoms with Crippen molar-refractivity contribution < 1.29 is 38.5 Å². The summed E-state index contributed by atoms with van der Waals surface area (Å²) >= 11 is 6.17. The number of Topliss-reactive ketones (excluding diaryl/α,β-unsaturated/α-hetero) is 1. The second kappa shape index (κ2) is 9.55. The van der Waals surface area contributed by atoms with Gasteiger partial charge in [-0.3, -0.25) is 19.3 Å². The minimum absolute atomic E-state index is 0.0973. The highest BCUT2D eigenvalue weighted by atomic mass is 35.5. The van der Waals surface area contributed by atoms with Crippen molar-refractivity contribution in [3.63, 3.8) is 0 Å². The van der Waals surface area contributed by atoms with Gasteiger partial charge < -0.3 is 24.1 Å². The van der Waals surface area contributed by atoms with Crippen LogP contribution < -0.4 is 14.4 Å². The molecule has 0 saturated carbocycles. The molecule has 2 N–H and O–H groups in total. The first kappa shape index (κ1) is 23.9. The van der Waals surface area contributed by atoms with Crippen molar-refractivity contribution in [1.29, 1.82) is 0 Å². The third kappa shape index (κ3) is 4.33. The molecular weight excluding hydrogens is 478 g/mol. The maximum atomic E-state index is 13.2.